The Bertz CT molecular complexity index is 575. The summed E-state index contributed by atoms with van der Waals surface area (Å²) < 4.78 is 10.3. The zero-order valence-electron chi connectivity index (χ0n) is 11.4. The third-order valence-corrected chi connectivity index (χ3v) is 3.00. The van der Waals surface area contributed by atoms with E-state index in [0.717, 1.165) is 0 Å². The van der Waals surface area contributed by atoms with Gasteiger partial charge in [-0.25, -0.2) is 0 Å². The third kappa shape index (κ3) is 3.00. The zero-order chi connectivity index (χ0) is 14.6. The van der Waals surface area contributed by atoms with Crippen LogP contribution >= 0.6 is 0 Å². The number of carbonyl (C=O) groups is 1. The SMILES string of the molecule is COc1ccccc1C(=O)NCC(C)(O)c1ccco1. The molecule has 5 heteroatoms. The zero-order valence-corrected chi connectivity index (χ0v) is 11.4. The fourth-order valence-corrected chi connectivity index (χ4v) is 1.85. The topological polar surface area (TPSA) is 71.7 Å². The molecule has 0 aliphatic carbocycles. The highest BCUT2D eigenvalue weighted by Gasteiger charge is 2.27. The molecule has 0 saturated carbocycles. The number of nitrogens with one attached hydrogen (secondary N) is 1. The summed E-state index contributed by atoms with van der Waals surface area (Å²) in [5, 5.41) is 12.9. The number of methoxy groups -OCH3 is 1. The Morgan fingerprint density at radius 2 is 2.10 bits per heavy atom. The molecule has 1 aromatic heterocycles. The van der Waals surface area contributed by atoms with Gasteiger partial charge in [0, 0.05) is 0 Å². The van der Waals surface area contributed by atoms with Crippen molar-refractivity contribution in [2.45, 2.75) is 12.5 Å². The van der Waals surface area contributed by atoms with Crippen LogP contribution in [0.25, 0.3) is 0 Å². The molecule has 20 heavy (non-hydrogen) atoms. The molecule has 1 atom stereocenters. The molecule has 1 unspecified atom stereocenters. The Labute approximate surface area is 117 Å². The first kappa shape index (κ1) is 14.1. The van der Waals surface area contributed by atoms with Gasteiger partial charge in [-0.05, 0) is 31.2 Å². The van der Waals surface area contributed by atoms with Gasteiger partial charge < -0.3 is 19.6 Å². The van der Waals surface area contributed by atoms with Crippen LogP contribution in [0.5, 0.6) is 5.75 Å². The number of benzene rings is 1. The lowest BCUT2D eigenvalue weighted by Crippen LogP contribution is -2.38. The summed E-state index contributed by atoms with van der Waals surface area (Å²) in [6, 6.07) is 10.3. The first-order chi connectivity index (χ1) is 9.54. The molecule has 0 bridgehead atoms. The van der Waals surface area contributed by atoms with Crippen LogP contribution in [0.3, 0.4) is 0 Å². The van der Waals surface area contributed by atoms with E-state index in [0.29, 0.717) is 17.1 Å². The molecule has 1 amide bonds. The van der Waals surface area contributed by atoms with Crippen molar-refractivity contribution in [2.24, 2.45) is 0 Å². The fraction of sp³-hybridized carbons (Fsp3) is 0.267. The van der Waals surface area contributed by atoms with Crippen molar-refractivity contribution in [3.8, 4) is 5.75 Å². The molecule has 2 N–H and O–H groups in total. The summed E-state index contributed by atoms with van der Waals surface area (Å²) in [4.78, 5) is 12.1. The minimum absolute atomic E-state index is 0.0391. The van der Waals surface area contributed by atoms with Gasteiger partial charge >= 0.3 is 0 Å². The molecule has 0 aliphatic heterocycles. The number of hydrogen-bond acceptors (Lipinski definition) is 4. The lowest BCUT2D eigenvalue weighted by Gasteiger charge is -2.21. The number of ether oxygens (including phenoxy) is 1. The van der Waals surface area contributed by atoms with E-state index in [-0.39, 0.29) is 12.5 Å². The smallest absolute Gasteiger partial charge is 0.255 e. The first-order valence-electron chi connectivity index (χ1n) is 6.22. The Balaban J connectivity index is 2.06. The number of furan rings is 1. The second kappa shape index (κ2) is 5.79. The Morgan fingerprint density at radius 3 is 2.75 bits per heavy atom. The molecule has 5 nitrogen and oxygen atoms in total. The number of rotatable bonds is 5. The predicted molar refractivity (Wildman–Crippen MR) is 73.6 cm³/mol. The van der Waals surface area contributed by atoms with E-state index in [2.05, 4.69) is 5.32 Å². The number of para-hydroxylation sites is 1. The Kier molecular flexibility index (Phi) is 4.10. The van der Waals surface area contributed by atoms with Crippen LogP contribution in [0.2, 0.25) is 0 Å². The van der Waals surface area contributed by atoms with E-state index in [1.54, 1.807) is 43.3 Å². The van der Waals surface area contributed by atoms with Crippen molar-refractivity contribution in [1.82, 2.24) is 5.32 Å². The molecule has 2 rings (SSSR count). The molecule has 0 spiro atoms. The Hall–Kier alpha value is -2.27. The van der Waals surface area contributed by atoms with Crippen LogP contribution in [0, 0.1) is 0 Å². The van der Waals surface area contributed by atoms with Crippen molar-refractivity contribution in [1.29, 1.82) is 0 Å². The van der Waals surface area contributed by atoms with Crippen LogP contribution in [-0.2, 0) is 5.60 Å². The maximum Gasteiger partial charge on any atom is 0.255 e. The molecule has 106 valence electrons. The molecule has 0 radical (unpaired) electrons. The quantitative estimate of drug-likeness (QED) is 0.874. The summed E-state index contributed by atoms with van der Waals surface area (Å²) in [7, 11) is 1.51. The van der Waals surface area contributed by atoms with Crippen molar-refractivity contribution in [3.63, 3.8) is 0 Å². The van der Waals surface area contributed by atoms with Crippen molar-refractivity contribution >= 4 is 5.91 Å². The third-order valence-electron chi connectivity index (χ3n) is 3.00. The first-order valence-corrected chi connectivity index (χ1v) is 6.22. The van der Waals surface area contributed by atoms with Gasteiger partial charge in [-0.15, -0.1) is 0 Å². The average molecular weight is 275 g/mol. The van der Waals surface area contributed by atoms with Gasteiger partial charge in [-0.3, -0.25) is 4.79 Å². The lowest BCUT2D eigenvalue weighted by atomic mass is 10.0. The minimum atomic E-state index is -1.26. The predicted octanol–water partition coefficient (Wildman–Crippen LogP) is 1.93. The number of amides is 1. The van der Waals surface area contributed by atoms with Crippen LogP contribution < -0.4 is 10.1 Å². The lowest BCUT2D eigenvalue weighted by molar-refractivity contribution is 0.0330. The number of aliphatic hydroxyl groups is 1. The maximum absolute atomic E-state index is 12.1. The van der Waals surface area contributed by atoms with E-state index in [4.69, 9.17) is 9.15 Å². The summed E-state index contributed by atoms with van der Waals surface area (Å²) in [6.45, 7) is 1.62. The fourth-order valence-electron chi connectivity index (χ4n) is 1.85. The van der Waals surface area contributed by atoms with Gasteiger partial charge in [0.15, 0.2) is 0 Å². The van der Waals surface area contributed by atoms with E-state index in [1.807, 2.05) is 0 Å². The summed E-state index contributed by atoms with van der Waals surface area (Å²) in [6.07, 6.45) is 1.48. The number of hydrogen-bond donors (Lipinski definition) is 2. The van der Waals surface area contributed by atoms with Crippen LogP contribution in [0.4, 0.5) is 0 Å². The van der Waals surface area contributed by atoms with Crippen molar-refractivity contribution in [3.05, 3.63) is 54.0 Å². The summed E-state index contributed by atoms with van der Waals surface area (Å²) in [5.74, 6) is 0.578. The van der Waals surface area contributed by atoms with Gasteiger partial charge in [0.2, 0.25) is 0 Å². The molecule has 0 aliphatic rings. The van der Waals surface area contributed by atoms with Crippen LogP contribution in [0.1, 0.15) is 23.0 Å². The van der Waals surface area contributed by atoms with E-state index >= 15 is 0 Å². The van der Waals surface area contributed by atoms with Crippen LogP contribution in [-0.4, -0.2) is 24.7 Å². The summed E-state index contributed by atoms with van der Waals surface area (Å²) in [5.41, 5.74) is -0.841. The normalized spacial score (nSPS) is 13.6. The number of carbonyl (C=O) groups excluding carboxylic acids is 1. The molecule has 0 saturated heterocycles. The van der Waals surface area contributed by atoms with Gasteiger partial charge in [-0.2, -0.15) is 0 Å². The highest BCUT2D eigenvalue weighted by Crippen LogP contribution is 2.21. The molecular formula is C15H17NO4. The van der Waals surface area contributed by atoms with Gasteiger partial charge in [0.05, 0.1) is 25.5 Å². The average Bonchev–Trinajstić information content (AvgIpc) is 3.00. The highest BCUT2D eigenvalue weighted by atomic mass is 16.5. The van der Waals surface area contributed by atoms with Gasteiger partial charge in [0.1, 0.15) is 17.1 Å². The summed E-state index contributed by atoms with van der Waals surface area (Å²) >= 11 is 0. The van der Waals surface area contributed by atoms with Crippen molar-refractivity contribution < 1.29 is 19.1 Å². The molecule has 1 heterocycles. The monoisotopic (exact) mass is 275 g/mol. The van der Waals surface area contributed by atoms with Gasteiger partial charge in [-0.1, -0.05) is 12.1 Å². The second-order valence-electron chi connectivity index (χ2n) is 4.63. The highest BCUT2D eigenvalue weighted by molar-refractivity contribution is 5.96. The van der Waals surface area contributed by atoms with E-state index in [1.165, 1.54) is 13.4 Å². The van der Waals surface area contributed by atoms with E-state index < -0.39 is 5.60 Å². The second-order valence-corrected chi connectivity index (χ2v) is 4.63. The molecular weight excluding hydrogens is 258 g/mol. The molecule has 1 aromatic carbocycles. The van der Waals surface area contributed by atoms with Gasteiger partial charge in [0.25, 0.3) is 5.91 Å². The van der Waals surface area contributed by atoms with Crippen molar-refractivity contribution in [2.75, 3.05) is 13.7 Å². The standard InChI is InChI=1S/C15H17NO4/c1-15(18,13-8-5-9-20-13)10-16-14(17)11-6-3-4-7-12(11)19-2/h3-9,18H,10H2,1-2H3,(H,16,17). The van der Waals surface area contributed by atoms with E-state index in [9.17, 15) is 9.90 Å². The molecule has 2 aromatic rings. The maximum atomic E-state index is 12.1. The minimum Gasteiger partial charge on any atom is -0.496 e. The largest absolute Gasteiger partial charge is 0.496 e. The van der Waals surface area contributed by atoms with Crippen LogP contribution in [0.15, 0.2) is 47.1 Å². The molecule has 0 fully saturated rings. The Morgan fingerprint density at radius 1 is 1.35 bits per heavy atom.